The Morgan fingerprint density at radius 1 is 1.40 bits per heavy atom. The van der Waals surface area contributed by atoms with Crippen LogP contribution in [0.5, 0.6) is 0 Å². The average molecular weight is 139 g/mol. The molecule has 0 saturated carbocycles. The summed E-state index contributed by atoms with van der Waals surface area (Å²) < 4.78 is 5.82. The van der Waals surface area contributed by atoms with Gasteiger partial charge in [0.2, 0.25) is 0 Å². The van der Waals surface area contributed by atoms with Crippen molar-refractivity contribution < 1.29 is 4.74 Å². The Morgan fingerprint density at radius 2 is 2.10 bits per heavy atom. The normalized spacial score (nSPS) is 50.1. The van der Waals surface area contributed by atoms with E-state index in [1.165, 1.54) is 12.8 Å². The molecular weight excluding hydrogens is 124 g/mol. The second kappa shape index (κ2) is 1.58. The monoisotopic (exact) mass is 139 g/mol. The molecule has 2 saturated heterocycles. The van der Waals surface area contributed by atoms with Crippen molar-refractivity contribution in [2.75, 3.05) is 0 Å². The van der Waals surface area contributed by atoms with Gasteiger partial charge < -0.3 is 4.74 Å². The third kappa shape index (κ3) is 0.731. The van der Waals surface area contributed by atoms with Crippen LogP contribution in [0, 0.1) is 11.8 Å². The van der Waals surface area contributed by atoms with Crippen molar-refractivity contribution in [1.29, 1.82) is 0 Å². The highest BCUT2D eigenvalue weighted by atomic mass is 16.5. The third-order valence-electron chi connectivity index (χ3n) is 2.82. The van der Waals surface area contributed by atoms with Gasteiger partial charge in [0, 0.05) is 6.42 Å². The van der Waals surface area contributed by atoms with Crippen LogP contribution < -0.4 is 0 Å². The van der Waals surface area contributed by atoms with Gasteiger partial charge in [-0.25, -0.2) is 0 Å². The number of hydrogen-bond donors (Lipinski definition) is 0. The Labute approximate surface area is 62.8 Å². The summed E-state index contributed by atoms with van der Waals surface area (Å²) in [6.45, 7) is 6.73. The van der Waals surface area contributed by atoms with E-state index in [0.717, 1.165) is 0 Å². The van der Waals surface area contributed by atoms with Crippen LogP contribution in [0.1, 0.15) is 33.6 Å². The van der Waals surface area contributed by atoms with Gasteiger partial charge in [-0.05, 0) is 25.2 Å². The highest BCUT2D eigenvalue weighted by Crippen LogP contribution is 2.52. The van der Waals surface area contributed by atoms with Gasteiger partial charge in [-0.3, -0.25) is 0 Å². The molecular formula is C9H15O. The molecule has 10 heavy (non-hydrogen) atoms. The maximum Gasteiger partial charge on any atom is 0.0697 e. The number of fused-ring (bicyclic) bond motifs is 2. The first-order valence-corrected chi connectivity index (χ1v) is 4.07. The minimum Gasteiger partial charge on any atom is -0.371 e. The fourth-order valence-electron chi connectivity index (χ4n) is 2.37. The predicted octanol–water partition coefficient (Wildman–Crippen LogP) is 2.17. The molecule has 2 aliphatic rings. The standard InChI is InChI=1S/C9H15O/c1-8(2)6-9(3)5-4-7(8)10-9/h6-7H,4-5H2,1-3H3. The molecule has 1 heteroatoms. The summed E-state index contributed by atoms with van der Waals surface area (Å²) in [5.41, 5.74) is 0.446. The molecule has 2 heterocycles. The summed E-state index contributed by atoms with van der Waals surface area (Å²) in [6.07, 6.45) is 5.34. The minimum atomic E-state index is 0.119. The second-order valence-corrected chi connectivity index (χ2v) is 4.42. The molecule has 2 aliphatic heterocycles. The largest absolute Gasteiger partial charge is 0.371 e. The zero-order chi connectivity index (χ0) is 7.41. The molecule has 0 aromatic heterocycles. The van der Waals surface area contributed by atoms with Gasteiger partial charge >= 0.3 is 0 Å². The van der Waals surface area contributed by atoms with Gasteiger partial charge in [0.05, 0.1) is 11.7 Å². The summed E-state index contributed by atoms with van der Waals surface area (Å²) >= 11 is 0. The van der Waals surface area contributed by atoms with Gasteiger partial charge in [0.25, 0.3) is 0 Å². The number of rotatable bonds is 0. The minimum absolute atomic E-state index is 0.119. The quantitative estimate of drug-likeness (QED) is 0.499. The van der Waals surface area contributed by atoms with Gasteiger partial charge in [-0.2, -0.15) is 0 Å². The van der Waals surface area contributed by atoms with E-state index in [9.17, 15) is 0 Å². The Bertz CT molecular complexity index is 159. The van der Waals surface area contributed by atoms with Crippen LogP contribution in [0.2, 0.25) is 0 Å². The summed E-state index contributed by atoms with van der Waals surface area (Å²) in [5.74, 6) is 0. The van der Waals surface area contributed by atoms with E-state index in [4.69, 9.17) is 4.74 Å². The van der Waals surface area contributed by atoms with Crippen LogP contribution in [0.15, 0.2) is 0 Å². The van der Waals surface area contributed by atoms with E-state index in [2.05, 4.69) is 27.2 Å². The van der Waals surface area contributed by atoms with Crippen LogP contribution in [0.25, 0.3) is 0 Å². The van der Waals surface area contributed by atoms with Gasteiger partial charge in [0.1, 0.15) is 0 Å². The first kappa shape index (κ1) is 6.66. The van der Waals surface area contributed by atoms with Crippen molar-refractivity contribution in [3.8, 4) is 0 Å². The molecule has 1 radical (unpaired) electrons. The Kier molecular flexibility index (Phi) is 1.05. The summed E-state index contributed by atoms with van der Waals surface area (Å²) in [4.78, 5) is 0. The zero-order valence-corrected chi connectivity index (χ0v) is 6.98. The van der Waals surface area contributed by atoms with Crippen LogP contribution in [-0.2, 0) is 4.74 Å². The topological polar surface area (TPSA) is 9.23 Å². The SMILES string of the molecule is CC12[CH]C(C)(C)C(CC1)O2. The van der Waals surface area contributed by atoms with E-state index < -0.39 is 0 Å². The van der Waals surface area contributed by atoms with Crippen molar-refractivity contribution in [3.05, 3.63) is 6.42 Å². The molecule has 0 spiro atoms. The molecule has 2 unspecified atom stereocenters. The Hall–Kier alpha value is -0.0400. The molecule has 2 rings (SSSR count). The zero-order valence-electron chi connectivity index (χ0n) is 6.98. The van der Waals surface area contributed by atoms with Crippen LogP contribution in [0.3, 0.4) is 0 Å². The fraction of sp³-hybridized carbons (Fsp3) is 0.889. The van der Waals surface area contributed by atoms with Crippen molar-refractivity contribution in [1.82, 2.24) is 0 Å². The predicted molar refractivity (Wildman–Crippen MR) is 40.6 cm³/mol. The molecule has 1 nitrogen and oxygen atoms in total. The van der Waals surface area contributed by atoms with Crippen LogP contribution in [0.4, 0.5) is 0 Å². The maximum absolute atomic E-state index is 5.82. The smallest absolute Gasteiger partial charge is 0.0697 e. The first-order chi connectivity index (χ1) is 4.52. The van der Waals surface area contributed by atoms with Crippen molar-refractivity contribution >= 4 is 0 Å². The van der Waals surface area contributed by atoms with E-state index in [1.807, 2.05) is 0 Å². The Morgan fingerprint density at radius 3 is 2.30 bits per heavy atom. The van der Waals surface area contributed by atoms with Gasteiger partial charge in [-0.1, -0.05) is 13.8 Å². The summed E-state index contributed by atoms with van der Waals surface area (Å²) in [6, 6.07) is 0. The summed E-state index contributed by atoms with van der Waals surface area (Å²) in [5, 5.41) is 0. The molecule has 0 aromatic carbocycles. The van der Waals surface area contributed by atoms with Crippen molar-refractivity contribution in [3.63, 3.8) is 0 Å². The lowest BCUT2D eigenvalue weighted by atomic mass is 9.73. The van der Waals surface area contributed by atoms with Crippen LogP contribution in [-0.4, -0.2) is 11.7 Å². The van der Waals surface area contributed by atoms with Crippen molar-refractivity contribution in [2.24, 2.45) is 5.41 Å². The second-order valence-electron chi connectivity index (χ2n) is 4.42. The van der Waals surface area contributed by atoms with Crippen LogP contribution >= 0.6 is 0 Å². The molecule has 2 bridgehead atoms. The first-order valence-electron chi connectivity index (χ1n) is 4.07. The molecule has 2 atom stereocenters. The summed E-state index contributed by atoms with van der Waals surface area (Å²) in [7, 11) is 0. The molecule has 0 aliphatic carbocycles. The highest BCUT2D eigenvalue weighted by molar-refractivity contribution is 5.14. The van der Waals surface area contributed by atoms with Gasteiger partial charge in [-0.15, -0.1) is 0 Å². The van der Waals surface area contributed by atoms with Gasteiger partial charge in [0.15, 0.2) is 0 Å². The van der Waals surface area contributed by atoms with Crippen molar-refractivity contribution in [2.45, 2.75) is 45.3 Å². The molecule has 2 fully saturated rings. The molecule has 0 amide bonds. The fourth-order valence-corrected chi connectivity index (χ4v) is 2.37. The third-order valence-corrected chi connectivity index (χ3v) is 2.82. The highest BCUT2D eigenvalue weighted by Gasteiger charge is 2.53. The lowest BCUT2D eigenvalue weighted by Crippen LogP contribution is -2.29. The van der Waals surface area contributed by atoms with E-state index in [-0.39, 0.29) is 5.60 Å². The average Bonchev–Trinajstić information content (AvgIpc) is 2.16. The van der Waals surface area contributed by atoms with E-state index in [1.54, 1.807) is 0 Å². The molecule has 57 valence electrons. The number of hydrogen-bond acceptors (Lipinski definition) is 1. The Balaban J connectivity index is 2.25. The molecule has 0 aromatic rings. The lowest BCUT2D eigenvalue weighted by molar-refractivity contribution is 0.0229. The van der Waals surface area contributed by atoms with E-state index in [0.29, 0.717) is 11.5 Å². The number of ether oxygens (including phenoxy) is 1. The maximum atomic E-state index is 5.82. The molecule has 0 N–H and O–H groups in total. The lowest BCUT2D eigenvalue weighted by Gasteiger charge is -2.28. The van der Waals surface area contributed by atoms with E-state index >= 15 is 0 Å².